The Morgan fingerprint density at radius 2 is 1.62 bits per heavy atom. The van der Waals surface area contributed by atoms with Gasteiger partial charge in [0.2, 0.25) is 0 Å². The van der Waals surface area contributed by atoms with Crippen LogP contribution in [0.2, 0.25) is 0 Å². The Hall–Kier alpha value is -4.13. The van der Waals surface area contributed by atoms with E-state index in [1.54, 1.807) is 36.4 Å². The van der Waals surface area contributed by atoms with Crippen molar-refractivity contribution in [2.75, 3.05) is 31.0 Å². The maximum atomic E-state index is 12.4. The minimum atomic E-state index is -0.932. The zero-order valence-corrected chi connectivity index (χ0v) is 24.8. The van der Waals surface area contributed by atoms with Crippen molar-refractivity contribution in [2.45, 2.75) is 27.2 Å². The number of rotatable bonds is 11. The van der Waals surface area contributed by atoms with E-state index in [0.29, 0.717) is 44.4 Å². The van der Waals surface area contributed by atoms with Crippen molar-refractivity contribution in [3.05, 3.63) is 74.9 Å². The number of hydrogen-bond acceptors (Lipinski definition) is 7. The first kappa shape index (κ1) is 30.4. The number of carbonyl (C=O) groups excluding carboxylic acids is 3. The summed E-state index contributed by atoms with van der Waals surface area (Å²) >= 11 is 2.05. The van der Waals surface area contributed by atoms with Gasteiger partial charge in [-0.2, -0.15) is 5.10 Å². The first-order valence-corrected chi connectivity index (χ1v) is 13.5. The van der Waals surface area contributed by atoms with Crippen LogP contribution in [0.4, 0.5) is 11.4 Å². The zero-order valence-electron chi connectivity index (χ0n) is 22.7. The van der Waals surface area contributed by atoms with Crippen molar-refractivity contribution in [1.82, 2.24) is 5.43 Å². The Balaban J connectivity index is 1.54. The van der Waals surface area contributed by atoms with Gasteiger partial charge in [0.1, 0.15) is 5.75 Å². The first-order chi connectivity index (χ1) is 19.2. The van der Waals surface area contributed by atoms with Gasteiger partial charge < -0.3 is 24.8 Å². The maximum absolute atomic E-state index is 12.4. The van der Waals surface area contributed by atoms with Gasteiger partial charge in [0.15, 0.2) is 18.1 Å². The molecular formula is C29H31IN4O6. The van der Waals surface area contributed by atoms with E-state index in [9.17, 15) is 14.4 Å². The number of amides is 3. The van der Waals surface area contributed by atoms with E-state index < -0.39 is 11.8 Å². The third-order valence-corrected chi connectivity index (χ3v) is 6.36. The lowest BCUT2D eigenvalue weighted by Gasteiger charge is -2.14. The molecule has 0 aliphatic heterocycles. The predicted molar refractivity (Wildman–Crippen MR) is 162 cm³/mol. The summed E-state index contributed by atoms with van der Waals surface area (Å²) in [4.78, 5) is 36.8. The molecule has 0 aliphatic rings. The van der Waals surface area contributed by atoms with Crippen molar-refractivity contribution in [3.63, 3.8) is 0 Å². The quantitative estimate of drug-likeness (QED) is 0.118. The fraction of sp³-hybridized carbons (Fsp3) is 0.241. The lowest BCUT2D eigenvalue weighted by molar-refractivity contribution is -0.136. The van der Waals surface area contributed by atoms with Crippen LogP contribution in [0.1, 0.15) is 30.0 Å². The third-order valence-electron chi connectivity index (χ3n) is 5.56. The Bertz CT molecular complexity index is 1390. The molecule has 0 heterocycles. The van der Waals surface area contributed by atoms with Gasteiger partial charge in [0, 0.05) is 11.4 Å². The monoisotopic (exact) mass is 658 g/mol. The Morgan fingerprint density at radius 3 is 2.30 bits per heavy atom. The van der Waals surface area contributed by atoms with Crippen LogP contribution in [0.3, 0.4) is 0 Å². The topological polar surface area (TPSA) is 127 Å². The number of benzene rings is 3. The Labute approximate surface area is 246 Å². The van der Waals surface area contributed by atoms with Crippen LogP contribution in [-0.4, -0.2) is 44.3 Å². The fourth-order valence-corrected chi connectivity index (χ4v) is 4.15. The molecular weight excluding hydrogens is 627 g/mol. The molecule has 0 aromatic heterocycles. The van der Waals surface area contributed by atoms with Gasteiger partial charge in [-0.25, -0.2) is 5.43 Å². The number of hydrogen-bond donors (Lipinski definition) is 3. The number of hydrazone groups is 1. The van der Waals surface area contributed by atoms with Gasteiger partial charge in [-0.05, 0) is 108 Å². The van der Waals surface area contributed by atoms with Crippen molar-refractivity contribution in [1.29, 1.82) is 0 Å². The number of methoxy groups -OCH3 is 1. The second-order valence-electron chi connectivity index (χ2n) is 8.70. The molecule has 0 atom stereocenters. The minimum Gasteiger partial charge on any atom is -0.494 e. The molecule has 3 N–H and O–H groups in total. The van der Waals surface area contributed by atoms with Crippen LogP contribution in [0.15, 0.2) is 59.7 Å². The predicted octanol–water partition coefficient (Wildman–Crippen LogP) is 4.81. The molecule has 0 radical (unpaired) electrons. The molecule has 0 aliphatic carbocycles. The molecule has 0 fully saturated rings. The van der Waals surface area contributed by atoms with Crippen molar-refractivity contribution in [3.8, 4) is 17.2 Å². The average Bonchev–Trinajstić information content (AvgIpc) is 2.93. The van der Waals surface area contributed by atoms with Gasteiger partial charge in [-0.15, -0.1) is 0 Å². The second-order valence-corrected chi connectivity index (χ2v) is 9.86. The molecule has 3 aromatic carbocycles. The molecule has 3 amide bonds. The summed E-state index contributed by atoms with van der Waals surface area (Å²) in [6.07, 6.45) is 2.25. The summed E-state index contributed by atoms with van der Waals surface area (Å²) in [5.41, 5.74) is 6.13. The summed E-state index contributed by atoms with van der Waals surface area (Å²) < 4.78 is 17.3. The Morgan fingerprint density at radius 1 is 0.900 bits per heavy atom. The summed E-state index contributed by atoms with van der Waals surface area (Å²) in [5, 5.41) is 9.18. The largest absolute Gasteiger partial charge is 0.494 e. The third kappa shape index (κ3) is 8.97. The number of aryl methyl sites for hydroxylation is 2. The van der Waals surface area contributed by atoms with E-state index in [4.69, 9.17) is 14.2 Å². The van der Waals surface area contributed by atoms with Gasteiger partial charge in [0.05, 0.1) is 23.5 Å². The highest BCUT2D eigenvalue weighted by Gasteiger charge is 2.15. The summed E-state index contributed by atoms with van der Waals surface area (Å²) in [6, 6.07) is 15.7. The van der Waals surface area contributed by atoms with E-state index in [1.807, 2.05) is 39.0 Å². The molecule has 3 aromatic rings. The van der Waals surface area contributed by atoms with Crippen LogP contribution in [0.25, 0.3) is 0 Å². The fourth-order valence-electron chi connectivity index (χ4n) is 3.37. The minimum absolute atomic E-state index is 0.216. The number of carbonyl (C=O) groups is 3. The van der Waals surface area contributed by atoms with E-state index in [0.717, 1.165) is 17.5 Å². The molecule has 0 unspecified atom stereocenters. The molecule has 11 heteroatoms. The highest BCUT2D eigenvalue weighted by Crippen LogP contribution is 2.33. The number of ether oxygens (including phenoxy) is 3. The summed E-state index contributed by atoms with van der Waals surface area (Å²) in [6.45, 7) is 6.37. The van der Waals surface area contributed by atoms with Crippen molar-refractivity contribution < 1.29 is 28.6 Å². The molecule has 0 saturated carbocycles. The van der Waals surface area contributed by atoms with E-state index in [2.05, 4.69) is 43.8 Å². The van der Waals surface area contributed by atoms with Crippen LogP contribution >= 0.6 is 22.6 Å². The maximum Gasteiger partial charge on any atom is 0.329 e. The smallest absolute Gasteiger partial charge is 0.329 e. The van der Waals surface area contributed by atoms with Crippen LogP contribution in [0.5, 0.6) is 17.2 Å². The molecule has 0 bridgehead atoms. The summed E-state index contributed by atoms with van der Waals surface area (Å²) in [5.74, 6) is -0.662. The number of nitrogens with zero attached hydrogens (tertiary/aromatic N) is 1. The highest BCUT2D eigenvalue weighted by atomic mass is 127. The molecule has 3 rings (SSSR count). The second kappa shape index (κ2) is 14.9. The standard InChI is InChI=1S/C29H31IN4O6/c1-5-12-39-23-10-8-21(9-11-23)33-28(36)29(37)34-31-16-20-14-24(30)27(25(15-20)38-4)40-17-26(35)32-22-7-6-18(2)19(3)13-22/h6-11,13-16H,5,12,17H2,1-4H3,(H,32,35)(H,33,36)(H,34,37)/b31-16-. The number of nitrogens with one attached hydrogen (secondary N) is 3. The normalized spacial score (nSPS) is 10.6. The molecule has 40 heavy (non-hydrogen) atoms. The molecule has 10 nitrogen and oxygen atoms in total. The van der Waals surface area contributed by atoms with E-state index >= 15 is 0 Å². The van der Waals surface area contributed by atoms with Gasteiger partial charge in [-0.1, -0.05) is 13.0 Å². The van der Waals surface area contributed by atoms with Crippen LogP contribution in [0, 0.1) is 17.4 Å². The Kier molecular flexibility index (Phi) is 11.3. The van der Waals surface area contributed by atoms with Gasteiger partial charge in [0.25, 0.3) is 5.91 Å². The molecule has 210 valence electrons. The lowest BCUT2D eigenvalue weighted by atomic mass is 10.1. The molecule has 0 spiro atoms. The lowest BCUT2D eigenvalue weighted by Crippen LogP contribution is -2.32. The van der Waals surface area contributed by atoms with Crippen LogP contribution < -0.4 is 30.3 Å². The van der Waals surface area contributed by atoms with Gasteiger partial charge in [-0.3, -0.25) is 14.4 Å². The van der Waals surface area contributed by atoms with Gasteiger partial charge >= 0.3 is 11.8 Å². The summed E-state index contributed by atoms with van der Waals surface area (Å²) in [7, 11) is 1.48. The zero-order chi connectivity index (χ0) is 29.1. The van der Waals surface area contributed by atoms with Crippen LogP contribution in [-0.2, 0) is 14.4 Å². The number of halogens is 1. The molecule has 0 saturated heterocycles. The van der Waals surface area contributed by atoms with E-state index in [1.165, 1.54) is 13.3 Å². The average molecular weight is 658 g/mol. The van der Waals surface area contributed by atoms with Crippen molar-refractivity contribution in [2.24, 2.45) is 5.10 Å². The first-order valence-electron chi connectivity index (χ1n) is 12.4. The SMILES string of the molecule is CCCOc1ccc(NC(=O)C(=O)N/N=C\c2cc(I)c(OCC(=O)Nc3ccc(C)c(C)c3)c(OC)c2)cc1. The number of anilines is 2. The van der Waals surface area contributed by atoms with E-state index in [-0.39, 0.29) is 12.5 Å². The highest BCUT2D eigenvalue weighted by molar-refractivity contribution is 14.1. The van der Waals surface area contributed by atoms with Crippen molar-refractivity contribution >= 4 is 57.9 Å².